The normalized spacial score (nSPS) is 9.85. The number of rotatable bonds is 5. The van der Waals surface area contributed by atoms with Crippen molar-refractivity contribution in [3.8, 4) is 5.75 Å². The zero-order valence-electron chi connectivity index (χ0n) is 11.0. The highest BCUT2D eigenvalue weighted by Gasteiger charge is 2.17. The SMILES string of the molecule is COc1ccc(COC(=O)C(=O)c2ccccc2)cc1. The van der Waals surface area contributed by atoms with Crippen molar-refractivity contribution < 1.29 is 19.1 Å². The third-order valence-electron chi connectivity index (χ3n) is 2.75. The number of carbonyl (C=O) groups is 2. The zero-order valence-corrected chi connectivity index (χ0v) is 11.0. The molecule has 0 atom stereocenters. The largest absolute Gasteiger partial charge is 0.497 e. The van der Waals surface area contributed by atoms with E-state index >= 15 is 0 Å². The van der Waals surface area contributed by atoms with Crippen molar-refractivity contribution in [3.63, 3.8) is 0 Å². The van der Waals surface area contributed by atoms with Gasteiger partial charge in [-0.05, 0) is 17.7 Å². The fourth-order valence-corrected chi connectivity index (χ4v) is 1.64. The van der Waals surface area contributed by atoms with E-state index in [0.29, 0.717) is 5.56 Å². The molecule has 0 radical (unpaired) electrons. The Balaban J connectivity index is 1.93. The van der Waals surface area contributed by atoms with Gasteiger partial charge in [0.25, 0.3) is 5.78 Å². The third-order valence-corrected chi connectivity index (χ3v) is 2.75. The summed E-state index contributed by atoms with van der Waals surface area (Å²) in [6.45, 7) is 0.0569. The van der Waals surface area contributed by atoms with Crippen LogP contribution in [0.4, 0.5) is 0 Å². The number of ketones is 1. The number of hydrogen-bond acceptors (Lipinski definition) is 4. The monoisotopic (exact) mass is 270 g/mol. The van der Waals surface area contributed by atoms with Crippen molar-refractivity contribution in [2.24, 2.45) is 0 Å². The molecule has 0 aliphatic heterocycles. The molecule has 0 unspecified atom stereocenters. The number of methoxy groups -OCH3 is 1. The minimum absolute atomic E-state index is 0.0569. The van der Waals surface area contributed by atoms with Gasteiger partial charge in [-0.1, -0.05) is 42.5 Å². The number of hydrogen-bond donors (Lipinski definition) is 0. The minimum atomic E-state index is -0.855. The molecule has 0 heterocycles. The van der Waals surface area contributed by atoms with Crippen molar-refractivity contribution in [1.29, 1.82) is 0 Å². The lowest BCUT2D eigenvalue weighted by Crippen LogP contribution is -2.17. The van der Waals surface area contributed by atoms with E-state index in [4.69, 9.17) is 9.47 Å². The van der Waals surface area contributed by atoms with E-state index < -0.39 is 11.8 Å². The molecule has 0 aliphatic rings. The molecule has 0 bridgehead atoms. The van der Waals surface area contributed by atoms with Gasteiger partial charge in [-0.15, -0.1) is 0 Å². The summed E-state index contributed by atoms with van der Waals surface area (Å²) in [5, 5.41) is 0. The molecular formula is C16H14O4. The average Bonchev–Trinajstić information content (AvgIpc) is 2.53. The molecule has 0 aromatic heterocycles. The second kappa shape index (κ2) is 6.52. The molecule has 4 heteroatoms. The second-order valence-corrected chi connectivity index (χ2v) is 4.12. The van der Waals surface area contributed by atoms with Crippen LogP contribution in [0.5, 0.6) is 5.75 Å². The Labute approximate surface area is 116 Å². The molecule has 0 saturated heterocycles. The maximum atomic E-state index is 11.8. The van der Waals surface area contributed by atoms with Crippen LogP contribution in [0.3, 0.4) is 0 Å². The molecule has 2 aromatic carbocycles. The Hall–Kier alpha value is -2.62. The lowest BCUT2D eigenvalue weighted by atomic mass is 10.1. The van der Waals surface area contributed by atoms with Gasteiger partial charge >= 0.3 is 5.97 Å². The van der Waals surface area contributed by atoms with Gasteiger partial charge in [0.05, 0.1) is 7.11 Å². The lowest BCUT2D eigenvalue weighted by Gasteiger charge is -2.05. The van der Waals surface area contributed by atoms with Gasteiger partial charge in [0, 0.05) is 5.56 Å². The molecule has 0 saturated carbocycles. The van der Waals surface area contributed by atoms with E-state index in [1.165, 1.54) is 0 Å². The van der Waals surface area contributed by atoms with Crippen molar-refractivity contribution in [2.75, 3.05) is 7.11 Å². The first kappa shape index (κ1) is 13.8. The van der Waals surface area contributed by atoms with Crippen molar-refractivity contribution in [2.45, 2.75) is 6.61 Å². The molecule has 0 aliphatic carbocycles. The molecule has 102 valence electrons. The maximum absolute atomic E-state index is 11.8. The van der Waals surface area contributed by atoms with Crippen molar-refractivity contribution >= 4 is 11.8 Å². The first-order valence-electron chi connectivity index (χ1n) is 6.10. The predicted molar refractivity (Wildman–Crippen MR) is 73.6 cm³/mol. The molecule has 2 rings (SSSR count). The number of esters is 1. The second-order valence-electron chi connectivity index (χ2n) is 4.12. The first-order valence-corrected chi connectivity index (χ1v) is 6.10. The molecule has 2 aromatic rings. The summed E-state index contributed by atoms with van der Waals surface area (Å²) in [4.78, 5) is 23.4. The van der Waals surface area contributed by atoms with Gasteiger partial charge in [-0.25, -0.2) is 4.79 Å². The van der Waals surface area contributed by atoms with Crippen LogP contribution in [-0.2, 0) is 16.1 Å². The lowest BCUT2D eigenvalue weighted by molar-refractivity contribution is -0.139. The van der Waals surface area contributed by atoms with Crippen LogP contribution < -0.4 is 4.74 Å². The fraction of sp³-hybridized carbons (Fsp3) is 0.125. The Morgan fingerprint density at radius 1 is 0.950 bits per heavy atom. The Morgan fingerprint density at radius 3 is 2.20 bits per heavy atom. The fourth-order valence-electron chi connectivity index (χ4n) is 1.64. The van der Waals surface area contributed by atoms with Crippen LogP contribution in [-0.4, -0.2) is 18.9 Å². The summed E-state index contributed by atoms with van der Waals surface area (Å²) < 4.78 is 10.0. The quantitative estimate of drug-likeness (QED) is 0.476. The Bertz CT molecular complexity index is 588. The van der Waals surface area contributed by atoms with E-state index in [1.807, 2.05) is 0 Å². The van der Waals surface area contributed by atoms with Gasteiger partial charge in [0.2, 0.25) is 0 Å². The summed E-state index contributed by atoms with van der Waals surface area (Å²) >= 11 is 0. The van der Waals surface area contributed by atoms with E-state index in [-0.39, 0.29) is 6.61 Å². The van der Waals surface area contributed by atoms with Gasteiger partial charge in [0.1, 0.15) is 12.4 Å². The number of ether oxygens (including phenoxy) is 2. The van der Waals surface area contributed by atoms with Crippen LogP contribution in [0.1, 0.15) is 15.9 Å². The summed E-state index contributed by atoms with van der Waals surface area (Å²) in [7, 11) is 1.58. The molecule has 0 fully saturated rings. The van der Waals surface area contributed by atoms with Crippen LogP contribution in [0.25, 0.3) is 0 Å². The van der Waals surface area contributed by atoms with E-state index in [2.05, 4.69) is 0 Å². The van der Waals surface area contributed by atoms with Crippen LogP contribution >= 0.6 is 0 Å². The van der Waals surface area contributed by atoms with Gasteiger partial charge in [0.15, 0.2) is 0 Å². The van der Waals surface area contributed by atoms with E-state index in [0.717, 1.165) is 11.3 Å². The van der Waals surface area contributed by atoms with E-state index in [9.17, 15) is 9.59 Å². The molecule has 0 amide bonds. The summed E-state index contributed by atoms with van der Waals surface area (Å²) in [5.41, 5.74) is 1.12. The molecule has 4 nitrogen and oxygen atoms in total. The standard InChI is InChI=1S/C16H14O4/c1-19-14-9-7-12(8-10-14)11-20-16(18)15(17)13-5-3-2-4-6-13/h2-10H,11H2,1H3. The highest BCUT2D eigenvalue weighted by Crippen LogP contribution is 2.12. The molecule has 0 N–H and O–H groups in total. The number of carbonyl (C=O) groups excluding carboxylic acids is 2. The molecule has 0 spiro atoms. The van der Waals surface area contributed by atoms with Crippen molar-refractivity contribution in [1.82, 2.24) is 0 Å². The van der Waals surface area contributed by atoms with Crippen molar-refractivity contribution in [3.05, 3.63) is 65.7 Å². The smallest absolute Gasteiger partial charge is 0.380 e. The number of benzene rings is 2. The van der Waals surface area contributed by atoms with Crippen LogP contribution in [0.15, 0.2) is 54.6 Å². The topological polar surface area (TPSA) is 52.6 Å². The predicted octanol–water partition coefficient (Wildman–Crippen LogP) is 2.62. The first-order chi connectivity index (χ1) is 9.70. The Morgan fingerprint density at radius 2 is 1.60 bits per heavy atom. The van der Waals surface area contributed by atoms with Crippen LogP contribution in [0, 0.1) is 0 Å². The summed E-state index contributed by atoms with van der Waals surface area (Å²) in [6, 6.07) is 15.4. The van der Waals surface area contributed by atoms with E-state index in [1.54, 1.807) is 61.7 Å². The van der Waals surface area contributed by atoms with Gasteiger partial charge in [-0.3, -0.25) is 4.79 Å². The molecular weight excluding hydrogens is 256 g/mol. The zero-order chi connectivity index (χ0) is 14.4. The highest BCUT2D eigenvalue weighted by atomic mass is 16.5. The van der Waals surface area contributed by atoms with Crippen LogP contribution in [0.2, 0.25) is 0 Å². The average molecular weight is 270 g/mol. The van der Waals surface area contributed by atoms with Gasteiger partial charge in [-0.2, -0.15) is 0 Å². The minimum Gasteiger partial charge on any atom is -0.497 e. The maximum Gasteiger partial charge on any atom is 0.380 e. The highest BCUT2D eigenvalue weighted by molar-refractivity contribution is 6.40. The molecule has 20 heavy (non-hydrogen) atoms. The van der Waals surface area contributed by atoms with Gasteiger partial charge < -0.3 is 9.47 Å². The number of Topliss-reactive ketones (excluding diaryl/α,β-unsaturated/α-hetero) is 1. The summed E-state index contributed by atoms with van der Waals surface area (Å²) in [6.07, 6.45) is 0. The summed E-state index contributed by atoms with van der Waals surface area (Å²) in [5.74, 6) is -0.772. The Kier molecular flexibility index (Phi) is 4.50. The third kappa shape index (κ3) is 3.45.